The Morgan fingerprint density at radius 3 is 2.50 bits per heavy atom. The summed E-state index contributed by atoms with van der Waals surface area (Å²) >= 11 is 0. The van der Waals surface area contributed by atoms with Gasteiger partial charge in [0, 0.05) is 24.7 Å². The summed E-state index contributed by atoms with van der Waals surface area (Å²) in [7, 11) is -3.61. The van der Waals surface area contributed by atoms with Crippen LogP contribution in [0.5, 0.6) is 0 Å². The average molecular weight is 409 g/mol. The molecular weight excluding hydrogens is 376 g/mol. The normalized spacial score (nSPS) is 24.7. The SMILES string of the molecule is CC(C)(C)C1CCCCC1NC(=O)c1cccc(S(=O)(=O)N2CCOCC2)c1. The second-order valence-corrected chi connectivity index (χ2v) is 10.8. The highest BCUT2D eigenvalue weighted by Gasteiger charge is 2.35. The number of rotatable bonds is 4. The van der Waals surface area contributed by atoms with Gasteiger partial charge in [-0.15, -0.1) is 0 Å². The molecule has 0 radical (unpaired) electrons. The van der Waals surface area contributed by atoms with Gasteiger partial charge in [-0.2, -0.15) is 4.31 Å². The fraction of sp³-hybridized carbons (Fsp3) is 0.667. The van der Waals surface area contributed by atoms with Crippen LogP contribution in [-0.2, 0) is 14.8 Å². The van der Waals surface area contributed by atoms with Crippen LogP contribution in [0.4, 0.5) is 0 Å². The molecule has 1 aliphatic carbocycles. The lowest BCUT2D eigenvalue weighted by Crippen LogP contribution is -2.46. The molecule has 1 aliphatic heterocycles. The van der Waals surface area contributed by atoms with E-state index in [4.69, 9.17) is 4.74 Å². The predicted molar refractivity (Wildman–Crippen MR) is 109 cm³/mol. The molecule has 156 valence electrons. The molecule has 7 heteroatoms. The van der Waals surface area contributed by atoms with Crippen LogP contribution in [0, 0.1) is 11.3 Å². The summed E-state index contributed by atoms with van der Waals surface area (Å²) in [6, 6.07) is 6.50. The Morgan fingerprint density at radius 1 is 1.14 bits per heavy atom. The quantitative estimate of drug-likeness (QED) is 0.831. The Balaban J connectivity index is 1.77. The fourth-order valence-corrected chi connectivity index (χ4v) is 5.78. The predicted octanol–water partition coefficient (Wildman–Crippen LogP) is 3.04. The van der Waals surface area contributed by atoms with Crippen molar-refractivity contribution in [2.75, 3.05) is 26.3 Å². The molecule has 2 fully saturated rings. The van der Waals surface area contributed by atoms with Crippen LogP contribution >= 0.6 is 0 Å². The molecule has 28 heavy (non-hydrogen) atoms. The molecule has 1 saturated heterocycles. The number of hydrogen-bond acceptors (Lipinski definition) is 4. The van der Waals surface area contributed by atoms with Gasteiger partial charge < -0.3 is 10.1 Å². The summed E-state index contributed by atoms with van der Waals surface area (Å²) in [6.07, 6.45) is 4.39. The molecule has 2 atom stereocenters. The molecule has 1 aromatic rings. The highest BCUT2D eigenvalue weighted by atomic mass is 32.2. The van der Waals surface area contributed by atoms with Crippen molar-refractivity contribution in [1.29, 1.82) is 0 Å². The Morgan fingerprint density at radius 2 is 1.82 bits per heavy atom. The standard InChI is InChI=1S/C21H32N2O4S/c1-21(2,3)18-9-4-5-10-19(18)22-20(24)16-7-6-8-17(15-16)28(25,26)23-11-13-27-14-12-23/h6-8,15,18-19H,4-5,9-14H2,1-3H3,(H,22,24). The first-order valence-electron chi connectivity index (χ1n) is 10.2. The van der Waals surface area contributed by atoms with Crippen LogP contribution in [0.2, 0.25) is 0 Å². The van der Waals surface area contributed by atoms with Crippen LogP contribution in [-0.4, -0.2) is 51.0 Å². The Hall–Kier alpha value is -1.44. The Bertz CT molecular complexity index is 795. The number of ether oxygens (including phenoxy) is 1. The minimum Gasteiger partial charge on any atom is -0.379 e. The van der Waals surface area contributed by atoms with Crippen LogP contribution in [0.25, 0.3) is 0 Å². The van der Waals surface area contributed by atoms with Crippen LogP contribution in [0.3, 0.4) is 0 Å². The van der Waals surface area contributed by atoms with E-state index in [1.54, 1.807) is 18.2 Å². The lowest BCUT2D eigenvalue weighted by Gasteiger charge is -2.40. The van der Waals surface area contributed by atoms with E-state index in [0.29, 0.717) is 37.8 Å². The fourth-order valence-electron chi connectivity index (χ4n) is 4.33. The molecule has 0 bridgehead atoms. The second-order valence-electron chi connectivity index (χ2n) is 8.88. The van der Waals surface area contributed by atoms with Crippen LogP contribution in [0.1, 0.15) is 56.8 Å². The number of carbonyl (C=O) groups excluding carboxylic acids is 1. The molecular formula is C21H32N2O4S. The van der Waals surface area contributed by atoms with Crippen molar-refractivity contribution in [2.24, 2.45) is 11.3 Å². The van der Waals surface area contributed by atoms with Gasteiger partial charge in [0.2, 0.25) is 10.0 Å². The number of nitrogens with one attached hydrogen (secondary N) is 1. The van der Waals surface area contributed by atoms with Gasteiger partial charge in [-0.1, -0.05) is 39.7 Å². The highest BCUT2D eigenvalue weighted by molar-refractivity contribution is 7.89. The monoisotopic (exact) mass is 408 g/mol. The maximum Gasteiger partial charge on any atom is 0.251 e. The van der Waals surface area contributed by atoms with Crippen molar-refractivity contribution >= 4 is 15.9 Å². The molecule has 6 nitrogen and oxygen atoms in total. The van der Waals surface area contributed by atoms with Crippen molar-refractivity contribution in [3.8, 4) is 0 Å². The van der Waals surface area contributed by atoms with Crippen molar-refractivity contribution < 1.29 is 17.9 Å². The van der Waals surface area contributed by atoms with E-state index in [-0.39, 0.29) is 22.3 Å². The number of sulfonamides is 1. The van der Waals surface area contributed by atoms with Crippen molar-refractivity contribution in [1.82, 2.24) is 9.62 Å². The molecule has 2 aliphatic rings. The zero-order chi connectivity index (χ0) is 20.4. The summed E-state index contributed by atoms with van der Waals surface area (Å²) in [4.78, 5) is 13.1. The molecule has 2 unspecified atom stereocenters. The molecule has 0 aromatic heterocycles. The number of morpholine rings is 1. The molecule has 1 amide bonds. The molecule has 1 aromatic carbocycles. The topological polar surface area (TPSA) is 75.7 Å². The van der Waals surface area contributed by atoms with Gasteiger partial charge in [0.05, 0.1) is 18.1 Å². The zero-order valence-corrected chi connectivity index (χ0v) is 17.9. The smallest absolute Gasteiger partial charge is 0.251 e. The average Bonchev–Trinajstić information content (AvgIpc) is 2.68. The van der Waals surface area contributed by atoms with Crippen LogP contribution < -0.4 is 5.32 Å². The number of amides is 1. The molecule has 1 N–H and O–H groups in total. The molecule has 0 spiro atoms. The van der Waals surface area contributed by atoms with E-state index >= 15 is 0 Å². The van der Waals surface area contributed by atoms with Crippen LogP contribution in [0.15, 0.2) is 29.2 Å². The number of carbonyl (C=O) groups is 1. The summed E-state index contributed by atoms with van der Waals surface area (Å²) in [6.45, 7) is 8.14. The minimum atomic E-state index is -3.61. The third-order valence-electron chi connectivity index (χ3n) is 5.90. The summed E-state index contributed by atoms with van der Waals surface area (Å²) in [5.74, 6) is 0.227. The minimum absolute atomic E-state index is 0.125. The van der Waals surface area contributed by atoms with Crippen molar-refractivity contribution in [3.05, 3.63) is 29.8 Å². The summed E-state index contributed by atoms with van der Waals surface area (Å²) < 4.78 is 32.4. The van der Waals surface area contributed by atoms with E-state index in [1.165, 1.54) is 16.8 Å². The van der Waals surface area contributed by atoms with Crippen molar-refractivity contribution in [2.45, 2.75) is 57.4 Å². The first kappa shape index (κ1) is 21.3. The number of benzene rings is 1. The third-order valence-corrected chi connectivity index (χ3v) is 7.79. The van der Waals surface area contributed by atoms with Gasteiger partial charge in [-0.05, 0) is 42.4 Å². The molecule has 1 heterocycles. The Labute approximate surface area is 168 Å². The third kappa shape index (κ3) is 4.75. The van der Waals surface area contributed by atoms with E-state index in [9.17, 15) is 13.2 Å². The number of nitrogens with zero attached hydrogens (tertiary/aromatic N) is 1. The van der Waals surface area contributed by atoms with E-state index in [2.05, 4.69) is 26.1 Å². The van der Waals surface area contributed by atoms with Crippen molar-refractivity contribution in [3.63, 3.8) is 0 Å². The first-order chi connectivity index (χ1) is 13.2. The molecule has 3 rings (SSSR count). The largest absolute Gasteiger partial charge is 0.379 e. The van der Waals surface area contributed by atoms with Gasteiger partial charge in [-0.25, -0.2) is 8.42 Å². The Kier molecular flexibility index (Phi) is 6.47. The van der Waals surface area contributed by atoms with Gasteiger partial charge in [-0.3, -0.25) is 4.79 Å². The van der Waals surface area contributed by atoms with E-state index in [0.717, 1.165) is 19.3 Å². The zero-order valence-electron chi connectivity index (χ0n) is 17.1. The molecule has 1 saturated carbocycles. The highest BCUT2D eigenvalue weighted by Crippen LogP contribution is 2.38. The van der Waals surface area contributed by atoms with Gasteiger partial charge >= 0.3 is 0 Å². The summed E-state index contributed by atoms with van der Waals surface area (Å²) in [5.41, 5.74) is 0.521. The van der Waals surface area contributed by atoms with Gasteiger partial charge in [0.15, 0.2) is 0 Å². The first-order valence-corrected chi connectivity index (χ1v) is 11.6. The second kappa shape index (κ2) is 8.51. The lowest BCUT2D eigenvalue weighted by molar-refractivity contribution is 0.0730. The summed E-state index contributed by atoms with van der Waals surface area (Å²) in [5, 5.41) is 3.18. The number of hydrogen-bond donors (Lipinski definition) is 1. The van der Waals surface area contributed by atoms with Gasteiger partial charge in [0.1, 0.15) is 0 Å². The van der Waals surface area contributed by atoms with E-state index in [1.807, 2.05) is 0 Å². The van der Waals surface area contributed by atoms with E-state index < -0.39 is 10.0 Å². The van der Waals surface area contributed by atoms with Gasteiger partial charge in [0.25, 0.3) is 5.91 Å². The maximum atomic E-state index is 12.9. The lowest BCUT2D eigenvalue weighted by atomic mass is 9.69. The maximum absolute atomic E-state index is 12.9.